The van der Waals surface area contributed by atoms with E-state index >= 15 is 0 Å². The largest absolute Gasteiger partial charge is 0.313 e. The van der Waals surface area contributed by atoms with Gasteiger partial charge in [-0.3, -0.25) is 0 Å². The summed E-state index contributed by atoms with van der Waals surface area (Å²) in [5, 5.41) is 3.74. The van der Waals surface area contributed by atoms with Crippen LogP contribution in [-0.2, 0) is 6.42 Å². The molecule has 17 heavy (non-hydrogen) atoms. The lowest BCUT2D eigenvalue weighted by molar-refractivity contribution is 0.406. The summed E-state index contributed by atoms with van der Waals surface area (Å²) in [7, 11) is 0. The first-order valence-electron chi connectivity index (χ1n) is 7.07. The van der Waals surface area contributed by atoms with Gasteiger partial charge in [-0.15, -0.1) is 0 Å². The minimum absolute atomic E-state index is 0.638. The van der Waals surface area contributed by atoms with Crippen molar-refractivity contribution < 1.29 is 0 Å². The van der Waals surface area contributed by atoms with E-state index in [9.17, 15) is 0 Å². The topological polar surface area (TPSA) is 12.0 Å². The third-order valence-corrected chi connectivity index (χ3v) is 3.97. The van der Waals surface area contributed by atoms with Gasteiger partial charge in [-0.1, -0.05) is 44.2 Å². The molecule has 1 heteroatoms. The summed E-state index contributed by atoms with van der Waals surface area (Å²) in [6, 6.07) is 11.5. The normalized spacial score (nSPS) is 18.9. The molecule has 1 aliphatic rings. The molecule has 1 N–H and O–H groups in total. The highest BCUT2D eigenvalue weighted by molar-refractivity contribution is 5.15. The SMILES string of the molecule is CCC(Cc1ccccc1)NCC(C)C1CC1. The van der Waals surface area contributed by atoms with Gasteiger partial charge in [0, 0.05) is 6.04 Å². The van der Waals surface area contributed by atoms with Gasteiger partial charge in [0.2, 0.25) is 0 Å². The molecule has 0 amide bonds. The fourth-order valence-corrected chi connectivity index (χ4v) is 2.44. The molecule has 1 aliphatic carbocycles. The van der Waals surface area contributed by atoms with Crippen LogP contribution in [0.25, 0.3) is 0 Å². The van der Waals surface area contributed by atoms with Gasteiger partial charge in [-0.05, 0) is 49.6 Å². The summed E-state index contributed by atoms with van der Waals surface area (Å²) in [5.74, 6) is 1.87. The monoisotopic (exact) mass is 231 g/mol. The van der Waals surface area contributed by atoms with Gasteiger partial charge < -0.3 is 5.32 Å². The van der Waals surface area contributed by atoms with Gasteiger partial charge in [0.1, 0.15) is 0 Å². The Morgan fingerprint density at radius 2 is 1.94 bits per heavy atom. The van der Waals surface area contributed by atoms with Crippen molar-refractivity contribution in [1.29, 1.82) is 0 Å². The second-order valence-electron chi connectivity index (χ2n) is 5.52. The van der Waals surface area contributed by atoms with Gasteiger partial charge in [-0.2, -0.15) is 0 Å². The van der Waals surface area contributed by atoms with E-state index in [1.54, 1.807) is 0 Å². The summed E-state index contributed by atoms with van der Waals surface area (Å²) in [5.41, 5.74) is 1.45. The van der Waals surface area contributed by atoms with E-state index in [4.69, 9.17) is 0 Å². The predicted octanol–water partition coefficient (Wildman–Crippen LogP) is 3.64. The van der Waals surface area contributed by atoms with Crippen LogP contribution in [0.15, 0.2) is 30.3 Å². The summed E-state index contributed by atoms with van der Waals surface area (Å²) in [6.07, 6.45) is 5.29. The van der Waals surface area contributed by atoms with Gasteiger partial charge in [0.15, 0.2) is 0 Å². The third kappa shape index (κ3) is 4.16. The Morgan fingerprint density at radius 3 is 2.53 bits per heavy atom. The number of benzene rings is 1. The van der Waals surface area contributed by atoms with Gasteiger partial charge in [-0.25, -0.2) is 0 Å². The molecule has 2 atom stereocenters. The van der Waals surface area contributed by atoms with Crippen LogP contribution in [0, 0.1) is 11.8 Å². The van der Waals surface area contributed by atoms with Crippen LogP contribution in [0.1, 0.15) is 38.7 Å². The van der Waals surface area contributed by atoms with E-state index in [-0.39, 0.29) is 0 Å². The Hall–Kier alpha value is -0.820. The zero-order valence-corrected chi connectivity index (χ0v) is 11.2. The number of hydrogen-bond acceptors (Lipinski definition) is 1. The lowest BCUT2D eigenvalue weighted by Crippen LogP contribution is -2.34. The molecule has 2 rings (SSSR count). The van der Waals surface area contributed by atoms with Gasteiger partial charge >= 0.3 is 0 Å². The summed E-state index contributed by atoms with van der Waals surface area (Å²) in [6.45, 7) is 5.86. The maximum Gasteiger partial charge on any atom is 0.0105 e. The van der Waals surface area contributed by atoms with Crippen molar-refractivity contribution in [2.45, 2.75) is 45.6 Å². The van der Waals surface area contributed by atoms with Crippen molar-refractivity contribution in [2.75, 3.05) is 6.54 Å². The molecule has 1 saturated carbocycles. The highest BCUT2D eigenvalue weighted by atomic mass is 14.9. The molecular weight excluding hydrogens is 206 g/mol. The van der Waals surface area contributed by atoms with Crippen LogP contribution in [-0.4, -0.2) is 12.6 Å². The molecule has 0 heterocycles. The first-order chi connectivity index (χ1) is 8.29. The molecular formula is C16H25N. The number of rotatable bonds is 7. The molecule has 94 valence electrons. The first-order valence-corrected chi connectivity index (χ1v) is 7.07. The molecule has 0 spiro atoms. The maximum absolute atomic E-state index is 3.74. The van der Waals surface area contributed by atoms with Crippen LogP contribution in [0.2, 0.25) is 0 Å². The lowest BCUT2D eigenvalue weighted by atomic mass is 10.0. The smallest absolute Gasteiger partial charge is 0.0105 e. The van der Waals surface area contributed by atoms with Crippen molar-refractivity contribution in [2.24, 2.45) is 11.8 Å². The lowest BCUT2D eigenvalue weighted by Gasteiger charge is -2.20. The zero-order valence-electron chi connectivity index (χ0n) is 11.2. The Morgan fingerprint density at radius 1 is 1.24 bits per heavy atom. The number of nitrogens with one attached hydrogen (secondary N) is 1. The van der Waals surface area contributed by atoms with Crippen LogP contribution < -0.4 is 5.32 Å². The van der Waals surface area contributed by atoms with E-state index in [1.165, 1.54) is 31.4 Å². The standard InChI is InChI=1S/C16H25N/c1-3-16(11-14-7-5-4-6-8-14)17-12-13(2)15-9-10-15/h4-8,13,15-17H,3,9-12H2,1-2H3. The average Bonchev–Trinajstić information content (AvgIpc) is 3.19. The Kier molecular flexibility index (Phi) is 4.61. The summed E-state index contributed by atoms with van der Waals surface area (Å²) >= 11 is 0. The van der Waals surface area contributed by atoms with Gasteiger partial charge in [0.25, 0.3) is 0 Å². The predicted molar refractivity (Wildman–Crippen MR) is 74.1 cm³/mol. The van der Waals surface area contributed by atoms with Crippen molar-refractivity contribution in [3.63, 3.8) is 0 Å². The molecule has 0 aromatic heterocycles. The van der Waals surface area contributed by atoms with Crippen molar-refractivity contribution in [1.82, 2.24) is 5.32 Å². The molecule has 1 fully saturated rings. The van der Waals surface area contributed by atoms with Crippen LogP contribution >= 0.6 is 0 Å². The highest BCUT2D eigenvalue weighted by Crippen LogP contribution is 2.36. The van der Waals surface area contributed by atoms with Crippen LogP contribution in [0.4, 0.5) is 0 Å². The molecule has 1 aromatic rings. The van der Waals surface area contributed by atoms with E-state index in [0.717, 1.165) is 18.3 Å². The van der Waals surface area contributed by atoms with Crippen molar-refractivity contribution in [3.8, 4) is 0 Å². The van der Waals surface area contributed by atoms with E-state index < -0.39 is 0 Å². The Labute approximate surface area is 106 Å². The first kappa shape index (κ1) is 12.6. The molecule has 0 radical (unpaired) electrons. The van der Waals surface area contributed by atoms with E-state index in [2.05, 4.69) is 49.5 Å². The molecule has 1 nitrogen and oxygen atoms in total. The van der Waals surface area contributed by atoms with Gasteiger partial charge in [0.05, 0.1) is 0 Å². The zero-order chi connectivity index (χ0) is 12.1. The second-order valence-corrected chi connectivity index (χ2v) is 5.52. The molecule has 0 aliphatic heterocycles. The fourth-order valence-electron chi connectivity index (χ4n) is 2.44. The Balaban J connectivity index is 1.76. The molecule has 0 bridgehead atoms. The highest BCUT2D eigenvalue weighted by Gasteiger charge is 2.27. The molecule has 0 saturated heterocycles. The molecule has 1 aromatic carbocycles. The van der Waals surface area contributed by atoms with Crippen LogP contribution in [0.5, 0.6) is 0 Å². The quantitative estimate of drug-likeness (QED) is 0.755. The molecule has 2 unspecified atom stereocenters. The van der Waals surface area contributed by atoms with Crippen LogP contribution in [0.3, 0.4) is 0 Å². The van der Waals surface area contributed by atoms with E-state index in [1.807, 2.05) is 0 Å². The average molecular weight is 231 g/mol. The minimum atomic E-state index is 0.638. The summed E-state index contributed by atoms with van der Waals surface area (Å²) in [4.78, 5) is 0. The second kappa shape index (κ2) is 6.20. The van der Waals surface area contributed by atoms with E-state index in [0.29, 0.717) is 6.04 Å². The summed E-state index contributed by atoms with van der Waals surface area (Å²) < 4.78 is 0. The minimum Gasteiger partial charge on any atom is -0.313 e. The van der Waals surface area contributed by atoms with Crippen molar-refractivity contribution >= 4 is 0 Å². The third-order valence-electron chi connectivity index (χ3n) is 3.97. The fraction of sp³-hybridized carbons (Fsp3) is 0.625. The Bertz CT molecular complexity index is 316. The van der Waals surface area contributed by atoms with Crippen molar-refractivity contribution in [3.05, 3.63) is 35.9 Å². The number of hydrogen-bond donors (Lipinski definition) is 1. The maximum atomic E-state index is 3.74.